The van der Waals surface area contributed by atoms with Crippen LogP contribution in [-0.2, 0) is 17.6 Å². The molecule has 1 aliphatic rings. The molecule has 31 heavy (non-hydrogen) atoms. The van der Waals surface area contributed by atoms with Gasteiger partial charge < -0.3 is 19.2 Å². The number of aromatic amines is 1. The number of nitrogens with one attached hydrogen (secondary N) is 1. The quantitative estimate of drug-likeness (QED) is 0.496. The Kier molecular flexibility index (Phi) is 6.33. The second kappa shape index (κ2) is 9.15. The fourth-order valence-electron chi connectivity index (χ4n) is 4.10. The topological polar surface area (TPSA) is 60.6 Å². The van der Waals surface area contributed by atoms with Crippen molar-refractivity contribution in [3.05, 3.63) is 69.5 Å². The number of fused-ring (bicyclic) bond motifs is 2. The molecule has 5 heteroatoms. The predicted molar refractivity (Wildman–Crippen MR) is 123 cm³/mol. The van der Waals surface area contributed by atoms with E-state index in [0.717, 1.165) is 52.9 Å². The fraction of sp³-hybridized carbons (Fsp3) is 0.423. The number of hydrogen-bond donors (Lipinski definition) is 1. The highest BCUT2D eigenvalue weighted by atomic mass is 16.5. The summed E-state index contributed by atoms with van der Waals surface area (Å²) in [5.41, 5.74) is 3.76. The van der Waals surface area contributed by atoms with Crippen molar-refractivity contribution in [1.29, 1.82) is 0 Å². The van der Waals surface area contributed by atoms with Crippen molar-refractivity contribution in [2.75, 3.05) is 19.8 Å². The maximum atomic E-state index is 12.5. The van der Waals surface area contributed by atoms with Crippen molar-refractivity contribution < 1.29 is 14.2 Å². The Morgan fingerprint density at radius 3 is 2.71 bits per heavy atom. The molecule has 0 fully saturated rings. The first-order chi connectivity index (χ1) is 14.9. The molecular formula is C26H31NO4. The molecule has 0 spiro atoms. The summed E-state index contributed by atoms with van der Waals surface area (Å²) in [5.74, 6) is 1.73. The predicted octanol–water partition coefficient (Wildman–Crippen LogP) is 4.97. The van der Waals surface area contributed by atoms with E-state index in [-0.39, 0.29) is 11.0 Å². The van der Waals surface area contributed by atoms with Gasteiger partial charge in [-0.2, -0.15) is 0 Å². The third kappa shape index (κ3) is 4.93. The van der Waals surface area contributed by atoms with E-state index in [4.69, 9.17) is 14.2 Å². The number of pyridine rings is 1. The molecule has 1 N–H and O–H groups in total. The van der Waals surface area contributed by atoms with Gasteiger partial charge in [-0.25, -0.2) is 0 Å². The molecule has 3 aromatic rings. The van der Waals surface area contributed by atoms with E-state index in [9.17, 15) is 4.79 Å². The molecule has 0 bridgehead atoms. The third-order valence-corrected chi connectivity index (χ3v) is 5.74. The van der Waals surface area contributed by atoms with Crippen molar-refractivity contribution in [3.63, 3.8) is 0 Å². The van der Waals surface area contributed by atoms with Crippen LogP contribution in [0.5, 0.6) is 11.5 Å². The summed E-state index contributed by atoms with van der Waals surface area (Å²) in [6, 6.07) is 13.7. The van der Waals surface area contributed by atoms with Crippen LogP contribution < -0.4 is 14.9 Å². The van der Waals surface area contributed by atoms with Crippen molar-refractivity contribution >= 4 is 10.9 Å². The van der Waals surface area contributed by atoms with E-state index in [2.05, 4.69) is 24.9 Å². The van der Waals surface area contributed by atoms with Crippen LogP contribution in [0.1, 0.15) is 43.5 Å². The van der Waals surface area contributed by atoms with E-state index >= 15 is 0 Å². The molecule has 0 atom stereocenters. The summed E-state index contributed by atoms with van der Waals surface area (Å²) in [7, 11) is 0. The molecule has 2 aromatic carbocycles. The molecule has 0 amide bonds. The van der Waals surface area contributed by atoms with Crippen molar-refractivity contribution in [3.8, 4) is 11.5 Å². The van der Waals surface area contributed by atoms with Crippen LogP contribution in [0, 0.1) is 6.92 Å². The lowest BCUT2D eigenvalue weighted by molar-refractivity contribution is 0.124. The molecule has 164 valence electrons. The largest absolute Gasteiger partial charge is 0.490 e. The lowest BCUT2D eigenvalue weighted by Crippen LogP contribution is -2.24. The fourth-order valence-corrected chi connectivity index (χ4v) is 4.10. The first-order valence-corrected chi connectivity index (χ1v) is 11.1. The highest BCUT2D eigenvalue weighted by Crippen LogP contribution is 2.41. The van der Waals surface area contributed by atoms with Crippen molar-refractivity contribution in [1.82, 2.24) is 4.98 Å². The Morgan fingerprint density at radius 2 is 1.84 bits per heavy atom. The van der Waals surface area contributed by atoms with Gasteiger partial charge in [0.2, 0.25) is 0 Å². The van der Waals surface area contributed by atoms with Gasteiger partial charge in [0.15, 0.2) is 16.9 Å². The monoisotopic (exact) mass is 421 g/mol. The third-order valence-electron chi connectivity index (χ3n) is 5.74. The maximum Gasteiger partial charge on any atom is 0.192 e. The smallest absolute Gasteiger partial charge is 0.192 e. The average molecular weight is 422 g/mol. The Balaban J connectivity index is 1.18. The van der Waals surface area contributed by atoms with E-state index in [0.29, 0.717) is 26.2 Å². The molecule has 0 radical (unpaired) electrons. The number of unbranched alkanes of at least 4 members (excludes halogenated alkanes) is 1. The van der Waals surface area contributed by atoms with Gasteiger partial charge in [0, 0.05) is 47.2 Å². The minimum atomic E-state index is -0.163. The van der Waals surface area contributed by atoms with Gasteiger partial charge in [-0.3, -0.25) is 4.79 Å². The van der Waals surface area contributed by atoms with E-state index in [1.165, 1.54) is 5.56 Å². The van der Waals surface area contributed by atoms with Crippen LogP contribution >= 0.6 is 0 Å². The number of benzene rings is 2. The summed E-state index contributed by atoms with van der Waals surface area (Å²) in [5, 5.41) is 0.739. The number of H-pyrrole nitrogens is 1. The van der Waals surface area contributed by atoms with Crippen LogP contribution in [0.25, 0.3) is 10.9 Å². The second-order valence-electron chi connectivity index (χ2n) is 8.80. The van der Waals surface area contributed by atoms with E-state index < -0.39 is 0 Å². The highest BCUT2D eigenvalue weighted by molar-refractivity contribution is 5.79. The first kappa shape index (κ1) is 21.4. The lowest BCUT2D eigenvalue weighted by atomic mass is 10.0. The molecule has 2 heterocycles. The van der Waals surface area contributed by atoms with Crippen LogP contribution in [-0.4, -0.2) is 30.4 Å². The zero-order valence-electron chi connectivity index (χ0n) is 18.6. The minimum absolute atomic E-state index is 0.0984. The van der Waals surface area contributed by atoms with Crippen LogP contribution in [0.2, 0.25) is 0 Å². The van der Waals surface area contributed by atoms with Gasteiger partial charge in [-0.1, -0.05) is 24.3 Å². The standard InChI is InChI=1S/C26H31NO4/c1-18-21(27-22-11-5-4-10-20(22)24(18)28)13-16-29-14-6-7-15-30-23-12-8-9-19-17-26(2,3)31-25(19)23/h4-5,8-12H,6-7,13-17H2,1-3H3,(H,27,28). The van der Waals surface area contributed by atoms with E-state index in [1.54, 1.807) is 0 Å². The Bertz CT molecular complexity index is 1120. The molecule has 0 unspecified atom stereocenters. The molecule has 1 aromatic heterocycles. The Hall–Kier alpha value is -2.79. The van der Waals surface area contributed by atoms with Crippen LogP contribution in [0.4, 0.5) is 0 Å². The molecule has 0 saturated heterocycles. The SMILES string of the molecule is Cc1c(CCOCCCCOc2cccc3c2OC(C)(C)C3)[nH]c2ccccc2c1=O. The summed E-state index contributed by atoms with van der Waals surface area (Å²) in [6.07, 6.45) is 3.45. The number of para-hydroxylation sites is 2. The minimum Gasteiger partial charge on any atom is -0.490 e. The molecule has 1 aliphatic heterocycles. The lowest BCUT2D eigenvalue weighted by Gasteiger charge is -2.18. The first-order valence-electron chi connectivity index (χ1n) is 11.1. The second-order valence-corrected chi connectivity index (χ2v) is 8.80. The molecule has 5 nitrogen and oxygen atoms in total. The average Bonchev–Trinajstić information content (AvgIpc) is 3.08. The van der Waals surface area contributed by atoms with Crippen molar-refractivity contribution in [2.24, 2.45) is 0 Å². The van der Waals surface area contributed by atoms with Crippen molar-refractivity contribution in [2.45, 2.75) is 52.1 Å². The highest BCUT2D eigenvalue weighted by Gasteiger charge is 2.32. The summed E-state index contributed by atoms with van der Waals surface area (Å²) in [4.78, 5) is 15.9. The van der Waals surface area contributed by atoms with Gasteiger partial charge in [-0.05, 0) is 51.8 Å². The van der Waals surface area contributed by atoms with Crippen LogP contribution in [0.15, 0.2) is 47.3 Å². The Labute approximate surface area is 183 Å². The zero-order valence-corrected chi connectivity index (χ0v) is 18.6. The van der Waals surface area contributed by atoms with Gasteiger partial charge in [0.1, 0.15) is 5.60 Å². The molecular weight excluding hydrogens is 390 g/mol. The molecule has 4 rings (SSSR count). The summed E-state index contributed by atoms with van der Waals surface area (Å²) >= 11 is 0. The van der Waals surface area contributed by atoms with Crippen LogP contribution in [0.3, 0.4) is 0 Å². The zero-order chi connectivity index (χ0) is 21.8. The normalized spacial score (nSPS) is 14.4. The number of rotatable bonds is 9. The van der Waals surface area contributed by atoms with Gasteiger partial charge >= 0.3 is 0 Å². The summed E-state index contributed by atoms with van der Waals surface area (Å²) in [6.45, 7) is 7.98. The molecule has 0 aliphatic carbocycles. The number of ether oxygens (including phenoxy) is 3. The van der Waals surface area contributed by atoms with Gasteiger partial charge in [0.25, 0.3) is 0 Å². The van der Waals surface area contributed by atoms with Gasteiger partial charge in [-0.15, -0.1) is 0 Å². The number of aromatic nitrogens is 1. The molecule has 0 saturated carbocycles. The van der Waals surface area contributed by atoms with E-state index in [1.807, 2.05) is 43.3 Å². The van der Waals surface area contributed by atoms with Gasteiger partial charge in [0.05, 0.1) is 13.2 Å². The number of hydrogen-bond acceptors (Lipinski definition) is 4. The summed E-state index contributed by atoms with van der Waals surface area (Å²) < 4.78 is 17.8. The Morgan fingerprint density at radius 1 is 1.03 bits per heavy atom. The maximum absolute atomic E-state index is 12.5.